The summed E-state index contributed by atoms with van der Waals surface area (Å²) in [5, 5.41) is 3.31. The van der Waals surface area contributed by atoms with Crippen LogP contribution < -0.4 is 24.2 Å². The average molecular weight is 135 g/mol. The first-order chi connectivity index (χ1) is 4.34. The van der Waals surface area contributed by atoms with Crippen molar-refractivity contribution in [1.29, 1.82) is 0 Å². The molecule has 1 atom stereocenters. The Balaban J connectivity index is 0. The van der Waals surface area contributed by atoms with E-state index in [1.54, 1.807) is 0 Å². The van der Waals surface area contributed by atoms with Gasteiger partial charge >= 0.3 is 18.9 Å². The van der Waals surface area contributed by atoms with Crippen molar-refractivity contribution < 1.29 is 20.3 Å². The van der Waals surface area contributed by atoms with Gasteiger partial charge in [-0.05, 0) is 32.7 Å². The van der Waals surface area contributed by atoms with E-state index in [-0.39, 0.29) is 20.3 Å². The molecule has 0 amide bonds. The molecule has 1 rings (SSSR count). The first kappa shape index (κ1) is 10.6. The molecule has 10 heavy (non-hydrogen) atoms. The summed E-state index contributed by atoms with van der Waals surface area (Å²) in [6.45, 7) is 2.29. The van der Waals surface area contributed by atoms with Gasteiger partial charge in [-0.3, -0.25) is 0 Å². The van der Waals surface area contributed by atoms with Gasteiger partial charge in [-0.15, -0.1) is 0 Å². The van der Waals surface area contributed by atoms with Crippen molar-refractivity contribution >= 4 is 0 Å². The standard InChI is InChI=1S/C8H17N.Li.H/c1-7(9-2)8-5-3-4-6-8;;/h7-9H,3-6H2,1-2H3;;/q;+1;-1. The van der Waals surface area contributed by atoms with Crippen LogP contribution in [0.3, 0.4) is 0 Å². The minimum Gasteiger partial charge on any atom is -1.00 e. The van der Waals surface area contributed by atoms with Crippen LogP contribution in [0.2, 0.25) is 0 Å². The summed E-state index contributed by atoms with van der Waals surface area (Å²) in [6.07, 6.45) is 5.80. The fourth-order valence-electron chi connectivity index (χ4n) is 1.69. The van der Waals surface area contributed by atoms with Gasteiger partial charge in [-0.25, -0.2) is 0 Å². The number of rotatable bonds is 2. The number of hydrogen-bond donors (Lipinski definition) is 1. The molecule has 0 aromatic heterocycles. The molecule has 56 valence electrons. The number of nitrogens with one attached hydrogen (secondary N) is 1. The minimum absolute atomic E-state index is 0. The molecule has 1 nitrogen and oxygen atoms in total. The van der Waals surface area contributed by atoms with Gasteiger partial charge in [0.05, 0.1) is 0 Å². The van der Waals surface area contributed by atoms with Gasteiger partial charge in [0.2, 0.25) is 0 Å². The molecular formula is C8H18LiN. The van der Waals surface area contributed by atoms with Gasteiger partial charge < -0.3 is 6.74 Å². The molecule has 0 aromatic rings. The Morgan fingerprint density at radius 2 is 1.90 bits per heavy atom. The van der Waals surface area contributed by atoms with E-state index in [9.17, 15) is 0 Å². The van der Waals surface area contributed by atoms with Crippen LogP contribution in [0.1, 0.15) is 34.0 Å². The van der Waals surface area contributed by atoms with Gasteiger partial charge in [-0.1, -0.05) is 12.8 Å². The third-order valence-corrected chi connectivity index (χ3v) is 2.56. The van der Waals surface area contributed by atoms with Crippen molar-refractivity contribution in [1.82, 2.24) is 5.32 Å². The molecule has 0 aliphatic heterocycles. The van der Waals surface area contributed by atoms with E-state index in [4.69, 9.17) is 0 Å². The topological polar surface area (TPSA) is 12.0 Å². The Morgan fingerprint density at radius 3 is 2.30 bits per heavy atom. The van der Waals surface area contributed by atoms with Crippen LogP contribution in [0.25, 0.3) is 0 Å². The summed E-state index contributed by atoms with van der Waals surface area (Å²) in [7, 11) is 2.06. The summed E-state index contributed by atoms with van der Waals surface area (Å²) in [5.41, 5.74) is 0. The predicted octanol–water partition coefficient (Wildman–Crippen LogP) is -1.10. The Hall–Kier alpha value is 0.557. The van der Waals surface area contributed by atoms with E-state index in [2.05, 4.69) is 19.3 Å². The monoisotopic (exact) mass is 135 g/mol. The Bertz CT molecular complexity index is 84.2. The van der Waals surface area contributed by atoms with Crippen LogP contribution in [0.4, 0.5) is 0 Å². The quantitative estimate of drug-likeness (QED) is 0.474. The Kier molecular flexibility index (Phi) is 5.53. The Morgan fingerprint density at radius 1 is 1.40 bits per heavy atom. The third-order valence-electron chi connectivity index (χ3n) is 2.56. The maximum absolute atomic E-state index is 3.31. The summed E-state index contributed by atoms with van der Waals surface area (Å²) in [5.74, 6) is 0.968. The van der Waals surface area contributed by atoms with Crippen molar-refractivity contribution in [3.05, 3.63) is 0 Å². The second kappa shape index (κ2) is 5.24. The second-order valence-electron chi connectivity index (χ2n) is 3.12. The SMILES string of the molecule is CNC(C)C1CCCC1.[H-].[Li+]. The molecule has 0 bridgehead atoms. The van der Waals surface area contributed by atoms with Crippen LogP contribution in [-0.4, -0.2) is 13.1 Å². The maximum atomic E-state index is 3.31. The molecule has 1 aliphatic carbocycles. The summed E-state index contributed by atoms with van der Waals surface area (Å²) in [6, 6.07) is 0.743. The normalized spacial score (nSPS) is 22.2. The van der Waals surface area contributed by atoms with Gasteiger partial charge in [0.15, 0.2) is 0 Å². The second-order valence-corrected chi connectivity index (χ2v) is 3.12. The van der Waals surface area contributed by atoms with Crippen molar-refractivity contribution in [2.45, 2.75) is 38.6 Å². The van der Waals surface area contributed by atoms with E-state index >= 15 is 0 Å². The van der Waals surface area contributed by atoms with Gasteiger partial charge in [0.1, 0.15) is 0 Å². The molecule has 0 saturated heterocycles. The third kappa shape index (κ3) is 2.66. The van der Waals surface area contributed by atoms with E-state index in [1.807, 2.05) is 0 Å². The zero-order valence-electron chi connectivity index (χ0n) is 8.48. The Labute approximate surface area is 77.6 Å². The molecule has 0 heterocycles. The van der Waals surface area contributed by atoms with Crippen LogP contribution in [0, 0.1) is 5.92 Å². The van der Waals surface area contributed by atoms with Crippen LogP contribution in [0.5, 0.6) is 0 Å². The first-order valence-corrected chi connectivity index (χ1v) is 4.02. The zero-order chi connectivity index (χ0) is 6.69. The molecule has 1 unspecified atom stereocenters. The molecule has 0 radical (unpaired) electrons. The smallest absolute Gasteiger partial charge is 1.00 e. The van der Waals surface area contributed by atoms with E-state index in [1.165, 1.54) is 25.7 Å². The van der Waals surface area contributed by atoms with E-state index in [0.29, 0.717) is 0 Å². The van der Waals surface area contributed by atoms with Crippen molar-refractivity contribution in [2.24, 2.45) is 5.92 Å². The zero-order valence-corrected chi connectivity index (χ0v) is 7.48. The van der Waals surface area contributed by atoms with Crippen molar-refractivity contribution in [3.8, 4) is 0 Å². The fourth-order valence-corrected chi connectivity index (χ4v) is 1.69. The average Bonchev–Trinajstić information content (AvgIpc) is 2.37. The molecule has 2 heteroatoms. The molecule has 1 N–H and O–H groups in total. The van der Waals surface area contributed by atoms with Gasteiger partial charge in [0.25, 0.3) is 0 Å². The largest absolute Gasteiger partial charge is 1.00 e. The molecule has 0 aromatic carbocycles. The molecular weight excluding hydrogens is 117 g/mol. The molecule has 1 aliphatic rings. The van der Waals surface area contributed by atoms with E-state index in [0.717, 1.165) is 12.0 Å². The van der Waals surface area contributed by atoms with Crippen molar-refractivity contribution in [3.63, 3.8) is 0 Å². The van der Waals surface area contributed by atoms with Crippen LogP contribution in [0.15, 0.2) is 0 Å². The molecule has 1 fully saturated rings. The van der Waals surface area contributed by atoms with Gasteiger partial charge in [-0.2, -0.15) is 0 Å². The maximum Gasteiger partial charge on any atom is 1.00 e. The predicted molar refractivity (Wildman–Crippen MR) is 41.6 cm³/mol. The molecule has 1 saturated carbocycles. The fraction of sp³-hybridized carbons (Fsp3) is 1.00. The summed E-state index contributed by atoms with van der Waals surface area (Å²) < 4.78 is 0. The van der Waals surface area contributed by atoms with Crippen LogP contribution >= 0.6 is 0 Å². The van der Waals surface area contributed by atoms with Crippen molar-refractivity contribution in [2.75, 3.05) is 7.05 Å². The van der Waals surface area contributed by atoms with Gasteiger partial charge in [0, 0.05) is 6.04 Å². The van der Waals surface area contributed by atoms with Crippen LogP contribution in [-0.2, 0) is 0 Å². The van der Waals surface area contributed by atoms with E-state index < -0.39 is 0 Å². The minimum atomic E-state index is 0. The summed E-state index contributed by atoms with van der Waals surface area (Å²) >= 11 is 0. The molecule has 0 spiro atoms. The number of hydrogen-bond acceptors (Lipinski definition) is 1. The summed E-state index contributed by atoms with van der Waals surface area (Å²) in [4.78, 5) is 0. The first-order valence-electron chi connectivity index (χ1n) is 4.02.